The SMILES string of the molecule is Fc1cccc(Cl)c1C1=Nc2ccc(C(F)(F)F)cc2-c2[nH]ncc2N1. The number of aromatic nitrogens is 2. The molecule has 132 valence electrons. The fourth-order valence-electron chi connectivity index (χ4n) is 2.71. The Labute approximate surface area is 149 Å². The lowest BCUT2D eigenvalue weighted by Gasteiger charge is -2.10. The summed E-state index contributed by atoms with van der Waals surface area (Å²) in [7, 11) is 0. The molecular weight excluding hydrogens is 372 g/mol. The first-order chi connectivity index (χ1) is 12.3. The van der Waals surface area contributed by atoms with E-state index in [-0.39, 0.29) is 27.7 Å². The van der Waals surface area contributed by atoms with Crippen molar-refractivity contribution in [2.45, 2.75) is 6.18 Å². The average Bonchev–Trinajstić information content (AvgIpc) is 2.96. The Morgan fingerprint density at radius 1 is 1.08 bits per heavy atom. The van der Waals surface area contributed by atoms with Crippen LogP contribution in [0.2, 0.25) is 5.02 Å². The van der Waals surface area contributed by atoms with Crippen LogP contribution in [-0.2, 0) is 6.18 Å². The number of alkyl halides is 3. The molecule has 2 aromatic carbocycles. The first kappa shape index (κ1) is 16.6. The van der Waals surface area contributed by atoms with E-state index in [0.717, 1.165) is 12.1 Å². The van der Waals surface area contributed by atoms with E-state index in [0.29, 0.717) is 11.4 Å². The number of anilines is 1. The van der Waals surface area contributed by atoms with Gasteiger partial charge in [-0.25, -0.2) is 9.38 Å². The maximum absolute atomic E-state index is 14.3. The van der Waals surface area contributed by atoms with Crippen LogP contribution in [0.3, 0.4) is 0 Å². The normalized spacial score (nSPS) is 13.3. The number of aliphatic imine (C=N–C) groups is 1. The smallest absolute Gasteiger partial charge is 0.337 e. The van der Waals surface area contributed by atoms with Crippen molar-refractivity contribution >= 4 is 28.8 Å². The average molecular weight is 381 g/mol. The van der Waals surface area contributed by atoms with Gasteiger partial charge in [-0.15, -0.1) is 0 Å². The van der Waals surface area contributed by atoms with Gasteiger partial charge in [-0.1, -0.05) is 17.7 Å². The Hall–Kier alpha value is -2.87. The maximum atomic E-state index is 14.3. The quantitative estimate of drug-likeness (QED) is 0.556. The summed E-state index contributed by atoms with van der Waals surface area (Å²) in [5.74, 6) is -0.529. The summed E-state index contributed by atoms with van der Waals surface area (Å²) in [6.45, 7) is 0. The van der Waals surface area contributed by atoms with Crippen molar-refractivity contribution < 1.29 is 17.6 Å². The highest BCUT2D eigenvalue weighted by Gasteiger charge is 2.32. The van der Waals surface area contributed by atoms with Gasteiger partial charge in [0.05, 0.1) is 39.4 Å². The van der Waals surface area contributed by atoms with Crippen molar-refractivity contribution in [1.29, 1.82) is 0 Å². The number of nitrogens with one attached hydrogen (secondary N) is 2. The number of fused-ring (bicyclic) bond motifs is 3. The predicted molar refractivity (Wildman–Crippen MR) is 90.3 cm³/mol. The van der Waals surface area contributed by atoms with Gasteiger partial charge in [-0.05, 0) is 30.3 Å². The highest BCUT2D eigenvalue weighted by molar-refractivity contribution is 6.35. The van der Waals surface area contributed by atoms with Crippen molar-refractivity contribution in [1.82, 2.24) is 10.2 Å². The number of benzene rings is 2. The second kappa shape index (κ2) is 5.84. The van der Waals surface area contributed by atoms with E-state index in [4.69, 9.17) is 11.6 Å². The molecule has 0 bridgehead atoms. The van der Waals surface area contributed by atoms with Crippen molar-refractivity contribution in [2.24, 2.45) is 4.99 Å². The lowest BCUT2D eigenvalue weighted by molar-refractivity contribution is -0.137. The molecule has 4 rings (SSSR count). The molecule has 3 aromatic rings. The Balaban J connectivity index is 1.96. The number of rotatable bonds is 1. The molecule has 0 atom stereocenters. The summed E-state index contributed by atoms with van der Waals surface area (Å²) in [5, 5.41) is 9.53. The molecule has 0 saturated carbocycles. The number of nitrogens with zero attached hydrogens (tertiary/aromatic N) is 2. The van der Waals surface area contributed by atoms with E-state index in [1.165, 1.54) is 30.5 Å². The molecule has 9 heteroatoms. The van der Waals surface area contributed by atoms with Crippen molar-refractivity contribution in [3.8, 4) is 11.3 Å². The summed E-state index contributed by atoms with van der Waals surface area (Å²) in [4.78, 5) is 4.31. The molecule has 0 unspecified atom stereocenters. The highest BCUT2D eigenvalue weighted by atomic mass is 35.5. The van der Waals surface area contributed by atoms with E-state index in [9.17, 15) is 17.6 Å². The van der Waals surface area contributed by atoms with E-state index in [1.807, 2.05) is 0 Å². The number of aromatic amines is 1. The van der Waals surface area contributed by atoms with Crippen LogP contribution in [0.1, 0.15) is 11.1 Å². The van der Waals surface area contributed by atoms with E-state index < -0.39 is 17.6 Å². The molecule has 1 aliphatic rings. The first-order valence-corrected chi connectivity index (χ1v) is 7.77. The van der Waals surface area contributed by atoms with Crippen LogP contribution in [-0.4, -0.2) is 16.0 Å². The number of hydrogen-bond acceptors (Lipinski definition) is 3. The number of hydrogen-bond donors (Lipinski definition) is 2. The topological polar surface area (TPSA) is 53.1 Å². The maximum Gasteiger partial charge on any atom is 0.416 e. The van der Waals surface area contributed by atoms with E-state index in [1.54, 1.807) is 0 Å². The van der Waals surface area contributed by atoms with Gasteiger partial charge in [0, 0.05) is 5.56 Å². The monoisotopic (exact) mass is 380 g/mol. The Morgan fingerprint density at radius 2 is 1.88 bits per heavy atom. The fourth-order valence-corrected chi connectivity index (χ4v) is 2.97. The van der Waals surface area contributed by atoms with Gasteiger partial charge in [0.1, 0.15) is 11.7 Å². The fraction of sp³-hybridized carbons (Fsp3) is 0.0588. The van der Waals surface area contributed by atoms with Crippen LogP contribution in [0.4, 0.5) is 28.9 Å². The third-order valence-corrected chi connectivity index (χ3v) is 4.23. The van der Waals surface area contributed by atoms with Crippen LogP contribution in [0.15, 0.2) is 47.6 Å². The number of halogens is 5. The molecule has 0 fully saturated rings. The molecule has 0 saturated heterocycles. The largest absolute Gasteiger partial charge is 0.416 e. The lowest BCUT2D eigenvalue weighted by Crippen LogP contribution is -2.15. The third kappa shape index (κ3) is 2.72. The van der Waals surface area contributed by atoms with Crippen LogP contribution < -0.4 is 5.32 Å². The summed E-state index contributed by atoms with van der Waals surface area (Å²) in [5.41, 5.74) is 0.303. The van der Waals surface area contributed by atoms with Gasteiger partial charge in [0.25, 0.3) is 0 Å². The van der Waals surface area contributed by atoms with Crippen LogP contribution >= 0.6 is 11.6 Å². The van der Waals surface area contributed by atoms with Crippen LogP contribution in [0.5, 0.6) is 0 Å². The minimum Gasteiger partial charge on any atom is -0.337 e. The van der Waals surface area contributed by atoms with Gasteiger partial charge in [-0.2, -0.15) is 18.3 Å². The zero-order valence-electron chi connectivity index (χ0n) is 12.8. The Morgan fingerprint density at radius 3 is 2.62 bits per heavy atom. The minimum atomic E-state index is -4.50. The van der Waals surface area contributed by atoms with Crippen molar-refractivity contribution in [3.05, 3.63) is 64.6 Å². The van der Waals surface area contributed by atoms with Crippen LogP contribution in [0, 0.1) is 5.82 Å². The molecule has 0 radical (unpaired) electrons. The zero-order valence-corrected chi connectivity index (χ0v) is 13.6. The molecule has 4 nitrogen and oxygen atoms in total. The van der Waals surface area contributed by atoms with Crippen LogP contribution in [0.25, 0.3) is 11.3 Å². The molecular formula is C17H9ClF4N4. The zero-order chi connectivity index (χ0) is 18.5. The molecule has 1 aromatic heterocycles. The predicted octanol–water partition coefficient (Wildman–Crippen LogP) is 5.39. The summed E-state index contributed by atoms with van der Waals surface area (Å²) < 4.78 is 53.5. The minimum absolute atomic E-state index is 0.0223. The molecule has 0 aliphatic carbocycles. The number of H-pyrrole nitrogens is 1. The van der Waals surface area contributed by atoms with E-state index >= 15 is 0 Å². The lowest BCUT2D eigenvalue weighted by atomic mass is 10.0. The Kier molecular flexibility index (Phi) is 3.73. The Bertz CT molecular complexity index is 1020. The second-order valence-electron chi connectivity index (χ2n) is 5.57. The second-order valence-corrected chi connectivity index (χ2v) is 5.98. The summed E-state index contributed by atoms with van der Waals surface area (Å²) in [6, 6.07) is 7.29. The number of amidine groups is 1. The third-order valence-electron chi connectivity index (χ3n) is 3.92. The molecule has 0 spiro atoms. The van der Waals surface area contributed by atoms with Gasteiger partial charge in [0.15, 0.2) is 0 Å². The van der Waals surface area contributed by atoms with E-state index in [2.05, 4.69) is 20.5 Å². The van der Waals surface area contributed by atoms with Gasteiger partial charge in [-0.3, -0.25) is 5.10 Å². The summed E-state index contributed by atoms with van der Waals surface area (Å²) >= 11 is 6.10. The summed E-state index contributed by atoms with van der Waals surface area (Å²) in [6.07, 6.45) is -3.12. The molecule has 0 amide bonds. The van der Waals surface area contributed by atoms with Gasteiger partial charge in [0.2, 0.25) is 0 Å². The van der Waals surface area contributed by atoms with Gasteiger partial charge < -0.3 is 5.32 Å². The first-order valence-electron chi connectivity index (χ1n) is 7.39. The van der Waals surface area contributed by atoms with Crippen molar-refractivity contribution in [3.63, 3.8) is 0 Å². The molecule has 2 heterocycles. The molecule has 2 N–H and O–H groups in total. The highest BCUT2D eigenvalue weighted by Crippen LogP contribution is 2.41. The van der Waals surface area contributed by atoms with Gasteiger partial charge >= 0.3 is 6.18 Å². The molecule has 1 aliphatic heterocycles. The standard InChI is InChI=1S/C17H9ClF4N4/c18-10-2-1-3-11(19)14(10)16-24-12-5-4-8(17(20,21)22)6-9(12)15-13(25-16)7-23-26-15/h1-7H,(H,23,26)(H,24,25). The van der Waals surface area contributed by atoms with Crippen molar-refractivity contribution in [2.75, 3.05) is 5.32 Å². The molecule has 26 heavy (non-hydrogen) atoms.